The molecule has 1 aromatic heterocycles. The molecule has 0 fully saturated rings. The number of para-hydroxylation sites is 2. The minimum Gasteiger partial charge on any atom is -0.506 e. The third-order valence-corrected chi connectivity index (χ3v) is 2.26. The standard InChI is InChI=1S/C11H9ClN2O2/c12-7-5-9(13-6-7)11(16)14-8-3-1-2-4-10(8)15/h1-6,13,15H,(H,14,16). The van der Waals surface area contributed by atoms with Gasteiger partial charge < -0.3 is 15.4 Å². The number of halogens is 1. The number of amides is 1. The van der Waals surface area contributed by atoms with Gasteiger partial charge in [0.2, 0.25) is 0 Å². The number of aromatic hydroxyl groups is 1. The Morgan fingerprint density at radius 2 is 2.12 bits per heavy atom. The minimum absolute atomic E-state index is 0.0218. The average Bonchev–Trinajstić information content (AvgIpc) is 2.68. The Labute approximate surface area is 96.9 Å². The maximum absolute atomic E-state index is 11.7. The molecule has 4 nitrogen and oxygen atoms in total. The summed E-state index contributed by atoms with van der Waals surface area (Å²) in [6.45, 7) is 0. The number of carbonyl (C=O) groups excluding carboxylic acids is 1. The quantitative estimate of drug-likeness (QED) is 0.702. The van der Waals surface area contributed by atoms with Crippen LogP contribution in [0.4, 0.5) is 5.69 Å². The third kappa shape index (κ3) is 2.17. The molecule has 0 unspecified atom stereocenters. The van der Waals surface area contributed by atoms with E-state index in [0.29, 0.717) is 16.4 Å². The zero-order chi connectivity index (χ0) is 11.5. The number of H-pyrrole nitrogens is 1. The normalized spacial score (nSPS) is 10.1. The number of aromatic amines is 1. The monoisotopic (exact) mass is 236 g/mol. The number of phenols is 1. The molecule has 82 valence electrons. The van der Waals surface area contributed by atoms with Gasteiger partial charge in [0.05, 0.1) is 10.7 Å². The van der Waals surface area contributed by atoms with E-state index in [-0.39, 0.29) is 11.7 Å². The number of carbonyl (C=O) groups is 1. The van der Waals surface area contributed by atoms with Gasteiger partial charge >= 0.3 is 0 Å². The first-order valence-corrected chi connectivity index (χ1v) is 4.98. The maximum Gasteiger partial charge on any atom is 0.272 e. The molecular weight excluding hydrogens is 228 g/mol. The Morgan fingerprint density at radius 3 is 2.75 bits per heavy atom. The third-order valence-electron chi connectivity index (χ3n) is 2.04. The summed E-state index contributed by atoms with van der Waals surface area (Å²) in [4.78, 5) is 14.4. The molecule has 2 aromatic rings. The van der Waals surface area contributed by atoms with Crippen molar-refractivity contribution in [1.29, 1.82) is 0 Å². The SMILES string of the molecule is O=C(Nc1ccccc1O)c1cc(Cl)c[nH]1. The molecule has 16 heavy (non-hydrogen) atoms. The molecule has 1 heterocycles. The van der Waals surface area contributed by atoms with Crippen molar-refractivity contribution in [1.82, 2.24) is 4.98 Å². The smallest absolute Gasteiger partial charge is 0.272 e. The first-order valence-electron chi connectivity index (χ1n) is 4.60. The Hall–Kier alpha value is -1.94. The van der Waals surface area contributed by atoms with Crippen LogP contribution in [-0.4, -0.2) is 16.0 Å². The second-order valence-electron chi connectivity index (χ2n) is 3.20. The van der Waals surface area contributed by atoms with E-state index in [4.69, 9.17) is 11.6 Å². The van der Waals surface area contributed by atoms with Crippen molar-refractivity contribution in [3.05, 3.63) is 47.2 Å². The van der Waals surface area contributed by atoms with Gasteiger partial charge in [0, 0.05) is 6.20 Å². The summed E-state index contributed by atoms with van der Waals surface area (Å²) in [5.41, 5.74) is 0.700. The highest BCUT2D eigenvalue weighted by atomic mass is 35.5. The molecule has 0 atom stereocenters. The lowest BCUT2D eigenvalue weighted by Gasteiger charge is -2.05. The van der Waals surface area contributed by atoms with Crippen LogP contribution in [0, 0.1) is 0 Å². The summed E-state index contributed by atoms with van der Waals surface area (Å²) in [5.74, 6) is -0.332. The summed E-state index contributed by atoms with van der Waals surface area (Å²) in [6, 6.07) is 8.01. The first-order chi connectivity index (χ1) is 7.66. The Kier molecular flexibility index (Phi) is 2.83. The van der Waals surface area contributed by atoms with Gasteiger partial charge in [-0.2, -0.15) is 0 Å². The van der Waals surface area contributed by atoms with Gasteiger partial charge in [-0.15, -0.1) is 0 Å². The minimum atomic E-state index is -0.353. The van der Waals surface area contributed by atoms with Crippen molar-refractivity contribution < 1.29 is 9.90 Å². The van der Waals surface area contributed by atoms with E-state index in [1.165, 1.54) is 18.3 Å². The average molecular weight is 237 g/mol. The van der Waals surface area contributed by atoms with Crippen LogP contribution in [0.3, 0.4) is 0 Å². The number of hydrogen-bond acceptors (Lipinski definition) is 2. The van der Waals surface area contributed by atoms with Crippen molar-refractivity contribution in [3.8, 4) is 5.75 Å². The predicted molar refractivity (Wildman–Crippen MR) is 61.9 cm³/mol. The van der Waals surface area contributed by atoms with Crippen LogP contribution in [-0.2, 0) is 0 Å². The molecule has 0 aliphatic rings. The molecule has 0 bridgehead atoms. The van der Waals surface area contributed by atoms with Gasteiger partial charge in [-0.1, -0.05) is 23.7 Å². The fourth-order valence-corrected chi connectivity index (χ4v) is 1.43. The highest BCUT2D eigenvalue weighted by Crippen LogP contribution is 2.22. The van der Waals surface area contributed by atoms with Gasteiger partial charge in [0.15, 0.2) is 0 Å². The lowest BCUT2D eigenvalue weighted by molar-refractivity contribution is 0.102. The fraction of sp³-hybridized carbons (Fsp3) is 0. The van der Waals surface area contributed by atoms with E-state index in [1.54, 1.807) is 18.2 Å². The van der Waals surface area contributed by atoms with E-state index < -0.39 is 0 Å². The van der Waals surface area contributed by atoms with Gasteiger partial charge in [0.1, 0.15) is 11.4 Å². The second-order valence-corrected chi connectivity index (χ2v) is 3.64. The van der Waals surface area contributed by atoms with Crippen LogP contribution >= 0.6 is 11.6 Å². The molecule has 3 N–H and O–H groups in total. The van der Waals surface area contributed by atoms with Crippen LogP contribution in [0.5, 0.6) is 5.75 Å². The summed E-state index contributed by atoms with van der Waals surface area (Å²) < 4.78 is 0. The van der Waals surface area contributed by atoms with Gasteiger partial charge in [-0.25, -0.2) is 0 Å². The number of rotatable bonds is 2. The van der Waals surface area contributed by atoms with Crippen LogP contribution < -0.4 is 5.32 Å². The van der Waals surface area contributed by atoms with Crippen molar-refractivity contribution >= 4 is 23.2 Å². The number of benzene rings is 1. The van der Waals surface area contributed by atoms with Gasteiger partial charge in [-0.05, 0) is 18.2 Å². The topological polar surface area (TPSA) is 65.1 Å². The number of nitrogens with one attached hydrogen (secondary N) is 2. The molecule has 0 saturated carbocycles. The molecule has 0 spiro atoms. The van der Waals surface area contributed by atoms with Crippen molar-refractivity contribution in [2.75, 3.05) is 5.32 Å². The van der Waals surface area contributed by atoms with E-state index in [1.807, 2.05) is 0 Å². The van der Waals surface area contributed by atoms with Crippen LogP contribution in [0.15, 0.2) is 36.5 Å². The molecule has 0 aliphatic heterocycles. The summed E-state index contributed by atoms with van der Waals surface area (Å²) in [7, 11) is 0. The largest absolute Gasteiger partial charge is 0.506 e. The fourth-order valence-electron chi connectivity index (χ4n) is 1.27. The number of anilines is 1. The van der Waals surface area contributed by atoms with Crippen LogP contribution in [0.1, 0.15) is 10.5 Å². The first kappa shape index (κ1) is 10.6. The van der Waals surface area contributed by atoms with Crippen molar-refractivity contribution in [2.45, 2.75) is 0 Å². The van der Waals surface area contributed by atoms with Crippen LogP contribution in [0.2, 0.25) is 5.02 Å². The molecule has 0 saturated heterocycles. The van der Waals surface area contributed by atoms with Crippen LogP contribution in [0.25, 0.3) is 0 Å². The van der Waals surface area contributed by atoms with E-state index in [0.717, 1.165) is 0 Å². The second kappa shape index (κ2) is 4.28. The number of hydrogen-bond donors (Lipinski definition) is 3. The Morgan fingerprint density at radius 1 is 1.38 bits per heavy atom. The number of aromatic nitrogens is 1. The lowest BCUT2D eigenvalue weighted by Crippen LogP contribution is -2.12. The van der Waals surface area contributed by atoms with E-state index >= 15 is 0 Å². The highest BCUT2D eigenvalue weighted by molar-refractivity contribution is 6.31. The Bertz CT molecular complexity index is 522. The highest BCUT2D eigenvalue weighted by Gasteiger charge is 2.09. The molecule has 0 radical (unpaired) electrons. The zero-order valence-corrected chi connectivity index (χ0v) is 8.95. The summed E-state index contributed by atoms with van der Waals surface area (Å²) in [5, 5.41) is 12.5. The molecule has 1 amide bonds. The predicted octanol–water partition coefficient (Wildman–Crippen LogP) is 2.63. The molecule has 2 rings (SSSR count). The van der Waals surface area contributed by atoms with Gasteiger partial charge in [0.25, 0.3) is 5.91 Å². The molecule has 1 aromatic carbocycles. The molecule has 5 heteroatoms. The summed E-state index contributed by atoms with van der Waals surface area (Å²) in [6.07, 6.45) is 1.52. The summed E-state index contributed by atoms with van der Waals surface area (Å²) >= 11 is 5.68. The zero-order valence-electron chi connectivity index (χ0n) is 8.20. The van der Waals surface area contributed by atoms with Gasteiger partial charge in [-0.3, -0.25) is 4.79 Å². The van der Waals surface area contributed by atoms with Crippen molar-refractivity contribution in [2.24, 2.45) is 0 Å². The lowest BCUT2D eigenvalue weighted by atomic mass is 10.3. The maximum atomic E-state index is 11.7. The molecule has 0 aliphatic carbocycles. The number of phenolic OH excluding ortho intramolecular Hbond substituents is 1. The Balaban J connectivity index is 2.17. The van der Waals surface area contributed by atoms with E-state index in [9.17, 15) is 9.90 Å². The van der Waals surface area contributed by atoms with E-state index in [2.05, 4.69) is 10.3 Å². The molecular formula is C11H9ClN2O2. The van der Waals surface area contributed by atoms with Crippen molar-refractivity contribution in [3.63, 3.8) is 0 Å².